The van der Waals surface area contributed by atoms with Gasteiger partial charge in [-0.3, -0.25) is 14.9 Å². The summed E-state index contributed by atoms with van der Waals surface area (Å²) in [5.74, 6) is 0.744. The molecule has 2 aromatic carbocycles. The van der Waals surface area contributed by atoms with Gasteiger partial charge in [-0.25, -0.2) is 0 Å². The molecule has 2 aromatic rings. The second-order valence-corrected chi connectivity index (χ2v) is 6.31. The minimum Gasteiger partial charge on any atom is -0.497 e. The van der Waals surface area contributed by atoms with Crippen LogP contribution >= 0.6 is 15.9 Å². The average molecular weight is 424 g/mol. The highest BCUT2D eigenvalue weighted by Gasteiger charge is 2.19. The molecule has 1 amide bonds. The van der Waals surface area contributed by atoms with Gasteiger partial charge in [0.25, 0.3) is 5.69 Å². The molecule has 0 saturated heterocycles. The number of ether oxygens (including phenoxy) is 2. The summed E-state index contributed by atoms with van der Waals surface area (Å²) in [6.07, 6.45) is 0. The molecule has 1 N–H and O–H groups in total. The van der Waals surface area contributed by atoms with E-state index in [2.05, 4.69) is 21.2 Å². The zero-order chi connectivity index (χ0) is 19.3. The second-order valence-electron chi connectivity index (χ2n) is 5.40. The van der Waals surface area contributed by atoms with Crippen molar-refractivity contribution in [2.75, 3.05) is 38.0 Å². The van der Waals surface area contributed by atoms with E-state index in [0.717, 1.165) is 0 Å². The number of hydrogen-bond donors (Lipinski definition) is 1. The van der Waals surface area contributed by atoms with Gasteiger partial charge in [0, 0.05) is 41.5 Å². The Morgan fingerprint density at radius 1 is 1.19 bits per heavy atom. The van der Waals surface area contributed by atoms with Crippen molar-refractivity contribution in [1.82, 2.24) is 0 Å². The molecule has 0 saturated carbocycles. The van der Waals surface area contributed by atoms with Crippen LogP contribution in [0.2, 0.25) is 0 Å². The van der Waals surface area contributed by atoms with Gasteiger partial charge in [0.2, 0.25) is 5.91 Å². The van der Waals surface area contributed by atoms with Crippen molar-refractivity contribution >= 4 is 38.9 Å². The van der Waals surface area contributed by atoms with Crippen LogP contribution in [0.15, 0.2) is 40.9 Å². The maximum atomic E-state index is 12.3. The van der Waals surface area contributed by atoms with Crippen LogP contribution in [0.25, 0.3) is 0 Å². The number of nitrogens with one attached hydrogen (secondary N) is 1. The summed E-state index contributed by atoms with van der Waals surface area (Å²) in [7, 11) is 4.64. The molecule has 0 aliphatic rings. The highest BCUT2D eigenvalue weighted by Crippen LogP contribution is 2.30. The Hall–Kier alpha value is -2.81. The number of amides is 1. The van der Waals surface area contributed by atoms with Crippen LogP contribution in [-0.4, -0.2) is 38.6 Å². The van der Waals surface area contributed by atoms with Crippen molar-refractivity contribution in [2.45, 2.75) is 0 Å². The number of nitro benzene ring substituents is 1. The molecule has 2 rings (SSSR count). The van der Waals surface area contributed by atoms with Gasteiger partial charge in [-0.2, -0.15) is 0 Å². The number of carbonyl (C=O) groups is 1. The van der Waals surface area contributed by atoms with E-state index in [1.165, 1.54) is 25.2 Å². The Balaban J connectivity index is 2.14. The lowest BCUT2D eigenvalue weighted by Crippen LogP contribution is -2.30. The number of rotatable bonds is 7. The minimum atomic E-state index is -0.485. The number of anilines is 2. The van der Waals surface area contributed by atoms with E-state index >= 15 is 0 Å². The van der Waals surface area contributed by atoms with E-state index in [1.807, 2.05) is 0 Å². The van der Waals surface area contributed by atoms with E-state index in [1.54, 1.807) is 37.4 Å². The Labute approximate surface area is 159 Å². The number of benzene rings is 2. The molecule has 9 heteroatoms. The Morgan fingerprint density at radius 3 is 2.35 bits per heavy atom. The summed E-state index contributed by atoms with van der Waals surface area (Å²) in [5, 5.41) is 14.0. The van der Waals surface area contributed by atoms with Crippen LogP contribution in [0.5, 0.6) is 11.5 Å². The highest BCUT2D eigenvalue weighted by atomic mass is 79.9. The summed E-state index contributed by atoms with van der Waals surface area (Å²) in [5.41, 5.74) is 0.763. The van der Waals surface area contributed by atoms with Gasteiger partial charge in [0.1, 0.15) is 17.2 Å². The summed E-state index contributed by atoms with van der Waals surface area (Å²) >= 11 is 3.21. The summed E-state index contributed by atoms with van der Waals surface area (Å²) in [6, 6.07) is 9.67. The smallest absolute Gasteiger partial charge is 0.293 e. The van der Waals surface area contributed by atoms with E-state index in [4.69, 9.17) is 9.47 Å². The van der Waals surface area contributed by atoms with E-state index in [0.29, 0.717) is 27.3 Å². The zero-order valence-corrected chi connectivity index (χ0v) is 16.1. The minimum absolute atomic E-state index is 0.0675. The SMILES string of the molecule is COc1cc(NC(=O)CN(C)c2ccc(Br)cc2[N+](=O)[O-])cc(OC)c1. The van der Waals surface area contributed by atoms with E-state index in [-0.39, 0.29) is 18.1 Å². The third kappa shape index (κ3) is 4.85. The van der Waals surface area contributed by atoms with Crippen molar-refractivity contribution in [3.8, 4) is 11.5 Å². The highest BCUT2D eigenvalue weighted by molar-refractivity contribution is 9.10. The molecule has 0 bridgehead atoms. The molecule has 0 aromatic heterocycles. The van der Waals surface area contributed by atoms with Crippen molar-refractivity contribution in [2.24, 2.45) is 0 Å². The normalized spacial score (nSPS) is 10.2. The number of carbonyl (C=O) groups excluding carboxylic acids is 1. The molecule has 138 valence electrons. The average Bonchev–Trinajstić information content (AvgIpc) is 2.60. The molecule has 0 atom stereocenters. The standard InChI is InChI=1S/C17H18BrN3O5/c1-20(15-5-4-11(18)6-16(15)21(23)24)10-17(22)19-12-7-13(25-2)9-14(8-12)26-3/h4-9H,10H2,1-3H3,(H,19,22). The fourth-order valence-corrected chi connectivity index (χ4v) is 2.70. The molecular formula is C17H18BrN3O5. The van der Waals surface area contributed by atoms with Crippen LogP contribution < -0.4 is 19.7 Å². The molecule has 0 aliphatic carbocycles. The fourth-order valence-electron chi connectivity index (χ4n) is 2.35. The summed E-state index contributed by atoms with van der Waals surface area (Å²) in [6.45, 7) is -0.0675. The molecule has 0 spiro atoms. The van der Waals surface area contributed by atoms with Gasteiger partial charge in [-0.15, -0.1) is 0 Å². The van der Waals surface area contributed by atoms with Gasteiger partial charge in [-0.1, -0.05) is 15.9 Å². The lowest BCUT2D eigenvalue weighted by atomic mass is 10.2. The zero-order valence-electron chi connectivity index (χ0n) is 14.5. The molecular weight excluding hydrogens is 406 g/mol. The number of nitrogens with zero attached hydrogens (tertiary/aromatic N) is 2. The number of halogens is 1. The van der Waals surface area contributed by atoms with Crippen molar-refractivity contribution < 1.29 is 19.2 Å². The molecule has 0 fully saturated rings. The third-order valence-electron chi connectivity index (χ3n) is 3.56. The van der Waals surface area contributed by atoms with Crippen molar-refractivity contribution in [3.05, 3.63) is 51.0 Å². The van der Waals surface area contributed by atoms with Gasteiger partial charge in [0.15, 0.2) is 0 Å². The van der Waals surface area contributed by atoms with Gasteiger partial charge >= 0.3 is 0 Å². The lowest BCUT2D eigenvalue weighted by Gasteiger charge is -2.19. The number of nitro groups is 1. The Morgan fingerprint density at radius 2 is 1.81 bits per heavy atom. The fraction of sp³-hybridized carbons (Fsp3) is 0.235. The topological polar surface area (TPSA) is 93.9 Å². The monoisotopic (exact) mass is 423 g/mol. The van der Waals surface area contributed by atoms with Gasteiger partial charge in [0.05, 0.1) is 25.7 Å². The molecule has 0 aliphatic heterocycles. The van der Waals surface area contributed by atoms with E-state index in [9.17, 15) is 14.9 Å². The maximum absolute atomic E-state index is 12.3. The van der Waals surface area contributed by atoms with Gasteiger partial charge < -0.3 is 19.7 Å². The Bertz CT molecular complexity index is 806. The third-order valence-corrected chi connectivity index (χ3v) is 4.05. The molecule has 0 radical (unpaired) electrons. The molecule has 26 heavy (non-hydrogen) atoms. The predicted molar refractivity (Wildman–Crippen MR) is 102 cm³/mol. The van der Waals surface area contributed by atoms with E-state index < -0.39 is 4.92 Å². The number of methoxy groups -OCH3 is 2. The van der Waals surface area contributed by atoms with Crippen LogP contribution in [-0.2, 0) is 4.79 Å². The number of likely N-dealkylation sites (N-methyl/N-ethyl adjacent to an activating group) is 1. The lowest BCUT2D eigenvalue weighted by molar-refractivity contribution is -0.384. The van der Waals surface area contributed by atoms with Crippen molar-refractivity contribution in [1.29, 1.82) is 0 Å². The molecule has 0 unspecified atom stereocenters. The largest absolute Gasteiger partial charge is 0.497 e. The first-order chi connectivity index (χ1) is 12.3. The van der Waals surface area contributed by atoms with Gasteiger partial charge in [-0.05, 0) is 12.1 Å². The van der Waals surface area contributed by atoms with Crippen LogP contribution in [0.4, 0.5) is 17.1 Å². The molecule has 8 nitrogen and oxygen atoms in total. The van der Waals surface area contributed by atoms with Crippen LogP contribution in [0.3, 0.4) is 0 Å². The first-order valence-electron chi connectivity index (χ1n) is 7.52. The first-order valence-corrected chi connectivity index (χ1v) is 8.31. The first kappa shape index (κ1) is 19.5. The van der Waals surface area contributed by atoms with Crippen LogP contribution in [0, 0.1) is 10.1 Å². The second kappa shape index (κ2) is 8.52. The van der Waals surface area contributed by atoms with Crippen molar-refractivity contribution in [3.63, 3.8) is 0 Å². The van der Waals surface area contributed by atoms with Crippen LogP contribution in [0.1, 0.15) is 0 Å². The molecule has 0 heterocycles. The quantitative estimate of drug-likeness (QED) is 0.541. The summed E-state index contributed by atoms with van der Waals surface area (Å²) < 4.78 is 10.9. The number of hydrogen-bond acceptors (Lipinski definition) is 6. The maximum Gasteiger partial charge on any atom is 0.293 e. The summed E-state index contributed by atoms with van der Waals surface area (Å²) in [4.78, 5) is 24.6. The Kier molecular flexibility index (Phi) is 6.40. The predicted octanol–water partition coefficient (Wildman–Crippen LogP) is 3.45.